The third-order valence-electron chi connectivity index (χ3n) is 3.82. The highest BCUT2D eigenvalue weighted by atomic mass is 16.5. The molecule has 120 valence electrons. The van der Waals surface area contributed by atoms with Crippen LogP contribution in [0.5, 0.6) is 11.5 Å². The number of nitrogens with one attached hydrogen (secondary N) is 1. The first-order chi connectivity index (χ1) is 9.81. The Kier molecular flexibility index (Phi) is 6.49. The number of rotatable bonds is 8. The van der Waals surface area contributed by atoms with Crippen LogP contribution in [0.1, 0.15) is 33.3 Å². The van der Waals surface area contributed by atoms with E-state index >= 15 is 0 Å². The summed E-state index contributed by atoms with van der Waals surface area (Å²) in [5.74, 6) is 1.90. The molecule has 21 heavy (non-hydrogen) atoms. The van der Waals surface area contributed by atoms with Gasteiger partial charge in [-0.3, -0.25) is 0 Å². The summed E-state index contributed by atoms with van der Waals surface area (Å²) in [5, 5.41) is 13.7. The van der Waals surface area contributed by atoms with Crippen molar-refractivity contribution in [2.75, 3.05) is 20.8 Å². The highest BCUT2D eigenvalue weighted by molar-refractivity contribution is 5.40. The van der Waals surface area contributed by atoms with Crippen LogP contribution in [0.4, 0.5) is 0 Å². The highest BCUT2D eigenvalue weighted by Gasteiger charge is 2.29. The van der Waals surface area contributed by atoms with Crippen molar-refractivity contribution in [1.82, 2.24) is 5.32 Å². The van der Waals surface area contributed by atoms with Gasteiger partial charge in [0.05, 0.1) is 20.3 Å². The molecular formula is C17H29NO3. The van der Waals surface area contributed by atoms with E-state index in [9.17, 15) is 5.11 Å². The Morgan fingerprint density at radius 1 is 1.19 bits per heavy atom. The van der Waals surface area contributed by atoms with Crippen LogP contribution in [0, 0.1) is 11.3 Å². The number of aliphatic hydroxyl groups is 1. The molecular weight excluding hydrogens is 266 g/mol. The average Bonchev–Trinajstić information content (AvgIpc) is 2.45. The van der Waals surface area contributed by atoms with Crippen molar-refractivity contribution in [1.29, 1.82) is 0 Å². The Balaban J connectivity index is 2.67. The van der Waals surface area contributed by atoms with E-state index in [0.29, 0.717) is 6.54 Å². The predicted octanol–water partition coefficient (Wildman–Crippen LogP) is 2.84. The van der Waals surface area contributed by atoms with Gasteiger partial charge in [-0.2, -0.15) is 0 Å². The normalized spacial score (nSPS) is 13.3. The topological polar surface area (TPSA) is 50.7 Å². The molecule has 0 heterocycles. The van der Waals surface area contributed by atoms with E-state index in [1.54, 1.807) is 14.2 Å². The smallest absolute Gasteiger partial charge is 0.123 e. The van der Waals surface area contributed by atoms with Gasteiger partial charge in [0.25, 0.3) is 0 Å². The van der Waals surface area contributed by atoms with E-state index in [1.807, 2.05) is 32.0 Å². The molecule has 2 N–H and O–H groups in total. The Morgan fingerprint density at radius 3 is 2.38 bits per heavy atom. The SMILES string of the molecule is COc1ccc(OC)c(CNCC(C)(C)C(O)C(C)C)c1. The van der Waals surface area contributed by atoms with Crippen molar-refractivity contribution in [2.24, 2.45) is 11.3 Å². The quantitative estimate of drug-likeness (QED) is 0.774. The number of methoxy groups -OCH3 is 2. The second-order valence-electron chi connectivity index (χ2n) is 6.46. The summed E-state index contributed by atoms with van der Waals surface area (Å²) in [7, 11) is 3.32. The van der Waals surface area contributed by atoms with Crippen molar-refractivity contribution in [3.63, 3.8) is 0 Å². The second kappa shape index (κ2) is 7.66. The summed E-state index contributed by atoms with van der Waals surface area (Å²) in [4.78, 5) is 0. The zero-order valence-electron chi connectivity index (χ0n) is 14.1. The Labute approximate surface area is 128 Å². The fourth-order valence-corrected chi connectivity index (χ4v) is 2.55. The Bertz CT molecular complexity index is 444. The Morgan fingerprint density at radius 2 is 1.86 bits per heavy atom. The van der Waals surface area contributed by atoms with Gasteiger partial charge in [-0.05, 0) is 24.1 Å². The first kappa shape index (κ1) is 17.8. The van der Waals surface area contributed by atoms with Gasteiger partial charge in [-0.15, -0.1) is 0 Å². The molecule has 1 atom stereocenters. The summed E-state index contributed by atoms with van der Waals surface area (Å²) in [6, 6.07) is 5.76. The lowest BCUT2D eigenvalue weighted by Gasteiger charge is -2.33. The molecule has 0 aromatic heterocycles. The van der Waals surface area contributed by atoms with Crippen molar-refractivity contribution < 1.29 is 14.6 Å². The summed E-state index contributed by atoms with van der Waals surface area (Å²) < 4.78 is 10.6. The van der Waals surface area contributed by atoms with Crippen molar-refractivity contribution in [2.45, 2.75) is 40.3 Å². The van der Waals surface area contributed by atoms with Gasteiger partial charge in [0.2, 0.25) is 0 Å². The Hall–Kier alpha value is -1.26. The summed E-state index contributed by atoms with van der Waals surface area (Å²) >= 11 is 0. The third kappa shape index (κ3) is 4.90. The maximum atomic E-state index is 10.2. The van der Waals surface area contributed by atoms with Gasteiger partial charge in [0.1, 0.15) is 11.5 Å². The van der Waals surface area contributed by atoms with Crippen LogP contribution in [0.3, 0.4) is 0 Å². The molecule has 4 nitrogen and oxygen atoms in total. The predicted molar refractivity (Wildman–Crippen MR) is 85.9 cm³/mol. The minimum Gasteiger partial charge on any atom is -0.497 e. The van der Waals surface area contributed by atoms with Crippen LogP contribution in [-0.4, -0.2) is 32.0 Å². The van der Waals surface area contributed by atoms with Crippen LogP contribution in [0.25, 0.3) is 0 Å². The molecule has 0 amide bonds. The average molecular weight is 295 g/mol. The largest absolute Gasteiger partial charge is 0.497 e. The van der Waals surface area contributed by atoms with Crippen LogP contribution in [0.15, 0.2) is 18.2 Å². The molecule has 0 saturated carbocycles. The van der Waals surface area contributed by atoms with Gasteiger partial charge in [-0.1, -0.05) is 27.7 Å². The summed E-state index contributed by atoms with van der Waals surface area (Å²) in [5.41, 5.74) is 0.868. The van der Waals surface area contributed by atoms with Crippen LogP contribution in [-0.2, 0) is 6.54 Å². The van der Waals surface area contributed by atoms with Gasteiger partial charge in [0.15, 0.2) is 0 Å². The van der Waals surface area contributed by atoms with Gasteiger partial charge < -0.3 is 19.9 Å². The molecule has 1 rings (SSSR count). The maximum absolute atomic E-state index is 10.2. The minimum absolute atomic E-state index is 0.180. The van der Waals surface area contributed by atoms with Crippen LogP contribution in [0.2, 0.25) is 0 Å². The molecule has 0 aliphatic rings. The zero-order chi connectivity index (χ0) is 16.0. The van der Waals surface area contributed by atoms with E-state index in [4.69, 9.17) is 9.47 Å². The first-order valence-electron chi connectivity index (χ1n) is 7.41. The van der Waals surface area contributed by atoms with E-state index in [2.05, 4.69) is 19.2 Å². The van der Waals surface area contributed by atoms with Crippen molar-refractivity contribution in [3.8, 4) is 11.5 Å². The lowest BCUT2D eigenvalue weighted by Crippen LogP contribution is -2.41. The molecule has 0 aliphatic carbocycles. The fraction of sp³-hybridized carbons (Fsp3) is 0.647. The fourth-order valence-electron chi connectivity index (χ4n) is 2.55. The molecule has 1 aromatic rings. The van der Waals surface area contributed by atoms with E-state index in [1.165, 1.54) is 0 Å². The molecule has 0 aliphatic heterocycles. The molecule has 1 unspecified atom stereocenters. The van der Waals surface area contributed by atoms with Crippen LogP contribution < -0.4 is 14.8 Å². The molecule has 0 fully saturated rings. The molecule has 1 aromatic carbocycles. The maximum Gasteiger partial charge on any atom is 0.123 e. The minimum atomic E-state index is -0.336. The standard InChI is InChI=1S/C17H29NO3/c1-12(2)16(19)17(3,4)11-18-10-13-9-14(20-5)7-8-15(13)21-6/h7-9,12,16,18-19H,10-11H2,1-6H3. The summed E-state index contributed by atoms with van der Waals surface area (Å²) in [6.07, 6.45) is -0.336. The van der Waals surface area contributed by atoms with Gasteiger partial charge >= 0.3 is 0 Å². The number of hydrogen-bond acceptors (Lipinski definition) is 4. The summed E-state index contributed by atoms with van der Waals surface area (Å²) in [6.45, 7) is 9.64. The number of benzene rings is 1. The van der Waals surface area contributed by atoms with Crippen LogP contribution >= 0.6 is 0 Å². The van der Waals surface area contributed by atoms with Crippen molar-refractivity contribution >= 4 is 0 Å². The van der Waals surface area contributed by atoms with E-state index in [0.717, 1.165) is 23.6 Å². The number of aliphatic hydroxyl groups excluding tert-OH is 1. The second-order valence-corrected chi connectivity index (χ2v) is 6.46. The number of ether oxygens (including phenoxy) is 2. The highest BCUT2D eigenvalue weighted by Crippen LogP contribution is 2.27. The van der Waals surface area contributed by atoms with E-state index in [-0.39, 0.29) is 17.4 Å². The third-order valence-corrected chi connectivity index (χ3v) is 3.82. The van der Waals surface area contributed by atoms with E-state index < -0.39 is 0 Å². The first-order valence-corrected chi connectivity index (χ1v) is 7.41. The molecule has 0 bridgehead atoms. The monoisotopic (exact) mass is 295 g/mol. The zero-order valence-corrected chi connectivity index (χ0v) is 14.1. The van der Waals surface area contributed by atoms with Gasteiger partial charge in [-0.25, -0.2) is 0 Å². The number of hydrogen-bond donors (Lipinski definition) is 2. The molecule has 0 radical (unpaired) electrons. The lowest BCUT2D eigenvalue weighted by molar-refractivity contribution is 0.0134. The molecule has 0 spiro atoms. The van der Waals surface area contributed by atoms with Gasteiger partial charge in [0, 0.05) is 24.1 Å². The molecule has 4 heteroatoms. The molecule has 0 saturated heterocycles. The van der Waals surface area contributed by atoms with Crippen molar-refractivity contribution in [3.05, 3.63) is 23.8 Å². The lowest BCUT2D eigenvalue weighted by atomic mass is 9.80.